The molecule has 1 aromatic carbocycles. The first kappa shape index (κ1) is 13.4. The lowest BCUT2D eigenvalue weighted by molar-refractivity contribution is 0.624. The summed E-state index contributed by atoms with van der Waals surface area (Å²) in [5.41, 5.74) is 2.07. The first-order chi connectivity index (χ1) is 9.28. The predicted octanol–water partition coefficient (Wildman–Crippen LogP) is 2.34. The van der Waals surface area contributed by atoms with E-state index < -0.39 is 0 Å². The zero-order chi connectivity index (χ0) is 13.5. The summed E-state index contributed by atoms with van der Waals surface area (Å²) >= 11 is 0. The molecule has 19 heavy (non-hydrogen) atoms. The second kappa shape index (κ2) is 6.80. The van der Waals surface area contributed by atoms with Gasteiger partial charge in [-0.2, -0.15) is 0 Å². The fraction of sp³-hybridized carbons (Fsp3) is 0.286. The summed E-state index contributed by atoms with van der Waals surface area (Å²) in [5.74, 6) is 0.431. The fourth-order valence-corrected chi connectivity index (χ4v) is 1.65. The maximum Gasteiger partial charge on any atom is 0.222 e. The summed E-state index contributed by atoms with van der Waals surface area (Å²) in [6, 6.07) is 6.47. The van der Waals surface area contributed by atoms with Crippen LogP contribution in [0, 0.1) is 5.82 Å². The zero-order valence-corrected chi connectivity index (χ0v) is 10.9. The first-order valence-corrected chi connectivity index (χ1v) is 6.28. The van der Waals surface area contributed by atoms with Crippen molar-refractivity contribution in [3.8, 4) is 0 Å². The van der Waals surface area contributed by atoms with Crippen molar-refractivity contribution in [1.82, 2.24) is 15.3 Å². The molecule has 1 aromatic heterocycles. The van der Waals surface area contributed by atoms with Gasteiger partial charge in [-0.3, -0.25) is 0 Å². The van der Waals surface area contributed by atoms with E-state index in [4.69, 9.17) is 0 Å². The zero-order valence-electron chi connectivity index (χ0n) is 10.9. The summed E-state index contributed by atoms with van der Waals surface area (Å²) in [4.78, 5) is 8.39. The van der Waals surface area contributed by atoms with Gasteiger partial charge in [0, 0.05) is 37.6 Å². The van der Waals surface area contributed by atoms with E-state index in [1.807, 2.05) is 6.92 Å². The Morgan fingerprint density at radius 2 is 1.63 bits per heavy atom. The van der Waals surface area contributed by atoms with Gasteiger partial charge < -0.3 is 10.6 Å². The third-order valence-corrected chi connectivity index (χ3v) is 2.61. The van der Waals surface area contributed by atoms with Gasteiger partial charge in [0.05, 0.1) is 0 Å². The van der Waals surface area contributed by atoms with Crippen molar-refractivity contribution in [3.05, 3.63) is 53.6 Å². The van der Waals surface area contributed by atoms with E-state index >= 15 is 0 Å². The van der Waals surface area contributed by atoms with Crippen LogP contribution in [0.15, 0.2) is 36.7 Å². The third-order valence-electron chi connectivity index (χ3n) is 2.61. The highest BCUT2D eigenvalue weighted by Gasteiger charge is 1.97. The first-order valence-electron chi connectivity index (χ1n) is 6.28. The van der Waals surface area contributed by atoms with Crippen molar-refractivity contribution in [2.45, 2.75) is 20.0 Å². The second-order valence-corrected chi connectivity index (χ2v) is 4.18. The minimum absolute atomic E-state index is 0.212. The summed E-state index contributed by atoms with van der Waals surface area (Å²) in [5, 5.41) is 6.31. The van der Waals surface area contributed by atoms with E-state index in [0.717, 1.165) is 17.7 Å². The van der Waals surface area contributed by atoms with Gasteiger partial charge in [-0.05, 0) is 24.6 Å². The van der Waals surface area contributed by atoms with Crippen LogP contribution < -0.4 is 10.6 Å². The molecule has 4 nitrogen and oxygen atoms in total. The Kier molecular flexibility index (Phi) is 4.80. The van der Waals surface area contributed by atoms with Crippen LogP contribution in [0.4, 0.5) is 10.3 Å². The van der Waals surface area contributed by atoms with Crippen LogP contribution in [0.1, 0.15) is 18.1 Å². The van der Waals surface area contributed by atoms with Gasteiger partial charge in [0.15, 0.2) is 0 Å². The molecule has 0 unspecified atom stereocenters. The predicted molar refractivity (Wildman–Crippen MR) is 73.1 cm³/mol. The highest BCUT2D eigenvalue weighted by atomic mass is 19.1. The van der Waals surface area contributed by atoms with Crippen LogP contribution in [0.5, 0.6) is 0 Å². The maximum absolute atomic E-state index is 12.7. The molecule has 0 spiro atoms. The lowest BCUT2D eigenvalue weighted by atomic mass is 10.2. The molecular weight excluding hydrogens is 243 g/mol. The number of nitrogens with zero attached hydrogens (tertiary/aromatic N) is 2. The minimum atomic E-state index is -0.212. The van der Waals surface area contributed by atoms with Crippen molar-refractivity contribution in [2.24, 2.45) is 0 Å². The Balaban J connectivity index is 1.80. The lowest BCUT2D eigenvalue weighted by Gasteiger charge is -2.06. The van der Waals surface area contributed by atoms with Crippen LogP contribution in [-0.4, -0.2) is 16.5 Å². The average Bonchev–Trinajstić information content (AvgIpc) is 2.43. The van der Waals surface area contributed by atoms with E-state index in [2.05, 4.69) is 20.6 Å². The Bertz CT molecular complexity index is 496. The standard InChI is InChI=1S/C14H17FN4/c1-2-17-14-18-9-12(10-19-14)8-16-7-11-3-5-13(15)6-4-11/h3-6,9-10,16H,2,7-8H2,1H3,(H,17,18,19). The molecule has 0 aliphatic rings. The smallest absolute Gasteiger partial charge is 0.222 e. The molecule has 0 aliphatic carbocycles. The van der Waals surface area contributed by atoms with E-state index in [1.54, 1.807) is 24.5 Å². The second-order valence-electron chi connectivity index (χ2n) is 4.18. The molecule has 0 fully saturated rings. The van der Waals surface area contributed by atoms with E-state index in [9.17, 15) is 4.39 Å². The molecule has 0 amide bonds. The minimum Gasteiger partial charge on any atom is -0.355 e. The molecule has 0 saturated heterocycles. The van der Waals surface area contributed by atoms with Crippen LogP contribution in [0.25, 0.3) is 0 Å². The van der Waals surface area contributed by atoms with Crippen molar-refractivity contribution >= 4 is 5.95 Å². The number of hydrogen-bond donors (Lipinski definition) is 2. The van der Waals surface area contributed by atoms with E-state index in [0.29, 0.717) is 19.0 Å². The number of benzene rings is 1. The highest BCUT2D eigenvalue weighted by molar-refractivity contribution is 5.24. The van der Waals surface area contributed by atoms with Crippen molar-refractivity contribution in [3.63, 3.8) is 0 Å². The Morgan fingerprint density at radius 1 is 1.00 bits per heavy atom. The van der Waals surface area contributed by atoms with E-state index in [1.165, 1.54) is 12.1 Å². The average molecular weight is 260 g/mol. The van der Waals surface area contributed by atoms with Crippen molar-refractivity contribution in [1.29, 1.82) is 0 Å². The van der Waals surface area contributed by atoms with Gasteiger partial charge in [-0.25, -0.2) is 14.4 Å². The molecule has 0 radical (unpaired) electrons. The van der Waals surface area contributed by atoms with Gasteiger partial charge in [-0.15, -0.1) is 0 Å². The van der Waals surface area contributed by atoms with Crippen LogP contribution >= 0.6 is 0 Å². The van der Waals surface area contributed by atoms with Crippen LogP contribution in [0.3, 0.4) is 0 Å². The van der Waals surface area contributed by atoms with Crippen LogP contribution in [-0.2, 0) is 13.1 Å². The van der Waals surface area contributed by atoms with Gasteiger partial charge >= 0.3 is 0 Å². The number of halogens is 1. The normalized spacial score (nSPS) is 10.4. The lowest BCUT2D eigenvalue weighted by Crippen LogP contribution is -2.13. The molecule has 2 N–H and O–H groups in total. The van der Waals surface area contributed by atoms with Crippen molar-refractivity contribution in [2.75, 3.05) is 11.9 Å². The molecule has 0 atom stereocenters. The summed E-state index contributed by atoms with van der Waals surface area (Å²) in [6.07, 6.45) is 3.59. The molecular formula is C14H17FN4. The molecule has 0 aliphatic heterocycles. The topological polar surface area (TPSA) is 49.8 Å². The highest BCUT2D eigenvalue weighted by Crippen LogP contribution is 2.03. The number of rotatable bonds is 6. The Labute approximate surface area is 112 Å². The van der Waals surface area contributed by atoms with Gasteiger partial charge in [0.2, 0.25) is 5.95 Å². The van der Waals surface area contributed by atoms with Crippen LogP contribution in [0.2, 0.25) is 0 Å². The summed E-state index contributed by atoms with van der Waals surface area (Å²) in [7, 11) is 0. The Morgan fingerprint density at radius 3 is 2.26 bits per heavy atom. The maximum atomic E-state index is 12.7. The SMILES string of the molecule is CCNc1ncc(CNCc2ccc(F)cc2)cn1. The molecule has 5 heteroatoms. The quantitative estimate of drug-likeness (QED) is 0.837. The monoisotopic (exact) mass is 260 g/mol. The van der Waals surface area contributed by atoms with Gasteiger partial charge in [-0.1, -0.05) is 12.1 Å². The molecule has 2 rings (SSSR count). The summed E-state index contributed by atoms with van der Waals surface area (Å²) in [6.45, 7) is 4.18. The number of nitrogens with one attached hydrogen (secondary N) is 2. The molecule has 2 aromatic rings. The third kappa shape index (κ3) is 4.30. The van der Waals surface area contributed by atoms with Crippen molar-refractivity contribution < 1.29 is 4.39 Å². The number of hydrogen-bond acceptors (Lipinski definition) is 4. The van der Waals surface area contributed by atoms with Gasteiger partial charge in [0.1, 0.15) is 5.82 Å². The molecule has 0 saturated carbocycles. The summed E-state index contributed by atoms with van der Waals surface area (Å²) < 4.78 is 12.7. The van der Waals surface area contributed by atoms with E-state index in [-0.39, 0.29) is 5.82 Å². The molecule has 0 bridgehead atoms. The fourth-order valence-electron chi connectivity index (χ4n) is 1.65. The molecule has 1 heterocycles. The number of anilines is 1. The molecule has 100 valence electrons. The number of aromatic nitrogens is 2. The van der Waals surface area contributed by atoms with Gasteiger partial charge in [0.25, 0.3) is 0 Å². The Hall–Kier alpha value is -2.01. The largest absolute Gasteiger partial charge is 0.355 e.